The Balaban J connectivity index is 2.08. The second kappa shape index (κ2) is 6.78. The molecule has 0 saturated heterocycles. The molecule has 1 fully saturated rings. The van der Waals surface area contributed by atoms with E-state index in [-0.39, 0.29) is 18.6 Å². The van der Waals surface area contributed by atoms with Gasteiger partial charge in [0.1, 0.15) is 0 Å². The zero-order chi connectivity index (χ0) is 15.3. The van der Waals surface area contributed by atoms with Crippen molar-refractivity contribution in [3.8, 4) is 11.8 Å². The number of carbonyl (C=O) groups excluding carboxylic acids is 1. The molecule has 1 atom stereocenters. The molecule has 1 aliphatic rings. The second-order valence-electron chi connectivity index (χ2n) is 6.40. The monoisotopic (exact) mass is 285 g/mol. The van der Waals surface area contributed by atoms with Crippen LogP contribution in [0, 0.1) is 17.3 Å². The number of aliphatic hydroxyl groups excluding tert-OH is 1. The number of hydrogen-bond donors (Lipinski definition) is 2. The Hall–Kier alpha value is -1.79. The molecule has 0 aliphatic heterocycles. The topological polar surface area (TPSA) is 49.3 Å². The molecule has 2 rings (SSSR count). The van der Waals surface area contributed by atoms with E-state index >= 15 is 0 Å². The Morgan fingerprint density at radius 3 is 2.86 bits per heavy atom. The standard InChI is InChI=1S/C18H23NO2/c1-18(2)11-10-15(13-18)19-17(21)16-9-4-3-7-14(16)8-5-6-12-20/h3-4,7,9,15,20H,6,10-13H2,1-2H3,(H,19,21). The summed E-state index contributed by atoms with van der Waals surface area (Å²) in [7, 11) is 0. The van der Waals surface area contributed by atoms with E-state index in [2.05, 4.69) is 31.0 Å². The number of rotatable bonds is 3. The van der Waals surface area contributed by atoms with Gasteiger partial charge < -0.3 is 10.4 Å². The molecule has 1 saturated carbocycles. The van der Waals surface area contributed by atoms with Crippen LogP contribution in [0.3, 0.4) is 0 Å². The van der Waals surface area contributed by atoms with Crippen LogP contribution in [0.5, 0.6) is 0 Å². The number of aliphatic hydroxyl groups is 1. The smallest absolute Gasteiger partial charge is 0.252 e. The number of hydrogen-bond acceptors (Lipinski definition) is 2. The van der Waals surface area contributed by atoms with Crippen molar-refractivity contribution in [1.29, 1.82) is 0 Å². The predicted octanol–water partition coefficient (Wildman–Crippen LogP) is 2.73. The summed E-state index contributed by atoms with van der Waals surface area (Å²) < 4.78 is 0. The van der Waals surface area contributed by atoms with E-state index in [1.165, 1.54) is 0 Å². The fourth-order valence-electron chi connectivity index (χ4n) is 2.83. The second-order valence-corrected chi connectivity index (χ2v) is 6.40. The van der Waals surface area contributed by atoms with Gasteiger partial charge in [0.15, 0.2) is 0 Å². The quantitative estimate of drug-likeness (QED) is 0.839. The highest BCUT2D eigenvalue weighted by Crippen LogP contribution is 2.37. The number of amides is 1. The van der Waals surface area contributed by atoms with E-state index < -0.39 is 0 Å². The van der Waals surface area contributed by atoms with Crippen molar-refractivity contribution in [2.24, 2.45) is 5.41 Å². The minimum absolute atomic E-state index is 0.0402. The summed E-state index contributed by atoms with van der Waals surface area (Å²) in [6, 6.07) is 7.63. The van der Waals surface area contributed by atoms with Crippen LogP contribution >= 0.6 is 0 Å². The molecule has 2 N–H and O–H groups in total. The molecule has 0 spiro atoms. The van der Waals surface area contributed by atoms with Crippen LogP contribution in [0.15, 0.2) is 24.3 Å². The first-order valence-electron chi connectivity index (χ1n) is 7.51. The lowest BCUT2D eigenvalue weighted by molar-refractivity contribution is 0.0936. The van der Waals surface area contributed by atoms with E-state index in [9.17, 15) is 4.79 Å². The lowest BCUT2D eigenvalue weighted by Crippen LogP contribution is -2.33. The van der Waals surface area contributed by atoms with Gasteiger partial charge in [0.25, 0.3) is 5.91 Å². The molecule has 3 nitrogen and oxygen atoms in total. The molecule has 1 unspecified atom stereocenters. The highest BCUT2D eigenvalue weighted by molar-refractivity contribution is 5.96. The van der Waals surface area contributed by atoms with Crippen molar-refractivity contribution in [3.63, 3.8) is 0 Å². The molecular weight excluding hydrogens is 262 g/mol. The zero-order valence-corrected chi connectivity index (χ0v) is 12.8. The molecule has 0 heterocycles. The number of carbonyl (C=O) groups is 1. The molecule has 112 valence electrons. The highest BCUT2D eigenvalue weighted by Gasteiger charge is 2.31. The van der Waals surface area contributed by atoms with Gasteiger partial charge in [-0.3, -0.25) is 4.79 Å². The highest BCUT2D eigenvalue weighted by atomic mass is 16.2. The maximum absolute atomic E-state index is 12.4. The summed E-state index contributed by atoms with van der Waals surface area (Å²) in [4.78, 5) is 12.4. The van der Waals surface area contributed by atoms with Crippen LogP contribution < -0.4 is 5.32 Å². The zero-order valence-electron chi connectivity index (χ0n) is 12.8. The molecule has 1 aromatic carbocycles. The van der Waals surface area contributed by atoms with Gasteiger partial charge in [-0.15, -0.1) is 0 Å². The minimum Gasteiger partial charge on any atom is -0.395 e. The van der Waals surface area contributed by atoms with Crippen molar-refractivity contribution in [2.75, 3.05) is 6.61 Å². The molecule has 1 aromatic rings. The van der Waals surface area contributed by atoms with Crippen molar-refractivity contribution in [1.82, 2.24) is 5.32 Å². The van der Waals surface area contributed by atoms with Crippen molar-refractivity contribution in [2.45, 2.75) is 45.6 Å². The van der Waals surface area contributed by atoms with Gasteiger partial charge in [-0.25, -0.2) is 0 Å². The summed E-state index contributed by atoms with van der Waals surface area (Å²) in [6.07, 6.45) is 3.64. The molecule has 0 radical (unpaired) electrons. The molecule has 3 heteroatoms. The summed E-state index contributed by atoms with van der Waals surface area (Å²) in [5.74, 6) is 5.79. The van der Waals surface area contributed by atoms with Crippen LogP contribution in [-0.2, 0) is 0 Å². The SMILES string of the molecule is CC1(C)CCC(NC(=O)c2ccccc2C#CCCO)C1. The van der Waals surface area contributed by atoms with Crippen LogP contribution in [0.2, 0.25) is 0 Å². The summed E-state index contributed by atoms with van der Waals surface area (Å²) in [5.41, 5.74) is 1.66. The van der Waals surface area contributed by atoms with Gasteiger partial charge >= 0.3 is 0 Å². The van der Waals surface area contributed by atoms with Crippen LogP contribution in [0.25, 0.3) is 0 Å². The molecule has 0 aromatic heterocycles. The van der Waals surface area contributed by atoms with Gasteiger partial charge in [-0.1, -0.05) is 37.8 Å². The Kier molecular flexibility index (Phi) is 5.03. The van der Waals surface area contributed by atoms with E-state index in [1.54, 1.807) is 6.07 Å². The molecule has 1 amide bonds. The average Bonchev–Trinajstić information content (AvgIpc) is 2.78. The number of benzene rings is 1. The van der Waals surface area contributed by atoms with Gasteiger partial charge in [0, 0.05) is 18.0 Å². The van der Waals surface area contributed by atoms with Gasteiger partial charge in [0.2, 0.25) is 0 Å². The first kappa shape index (κ1) is 15.6. The normalized spacial score (nSPS) is 19.7. The van der Waals surface area contributed by atoms with Crippen molar-refractivity contribution >= 4 is 5.91 Å². The van der Waals surface area contributed by atoms with Gasteiger partial charge in [0.05, 0.1) is 12.2 Å². The molecular formula is C18H23NO2. The van der Waals surface area contributed by atoms with Crippen LogP contribution in [-0.4, -0.2) is 23.7 Å². The van der Waals surface area contributed by atoms with Crippen molar-refractivity contribution in [3.05, 3.63) is 35.4 Å². The van der Waals surface area contributed by atoms with Crippen LogP contribution in [0.4, 0.5) is 0 Å². The molecule has 0 bridgehead atoms. The maximum atomic E-state index is 12.4. The Morgan fingerprint density at radius 2 is 2.19 bits per heavy atom. The fraction of sp³-hybridized carbons (Fsp3) is 0.500. The maximum Gasteiger partial charge on any atom is 0.252 e. The first-order chi connectivity index (χ1) is 10.0. The minimum atomic E-state index is -0.0494. The van der Waals surface area contributed by atoms with Crippen LogP contribution in [0.1, 0.15) is 55.5 Å². The predicted molar refractivity (Wildman–Crippen MR) is 83.9 cm³/mol. The van der Waals surface area contributed by atoms with Crippen molar-refractivity contribution < 1.29 is 9.90 Å². The Labute approximate surface area is 126 Å². The Morgan fingerprint density at radius 1 is 1.43 bits per heavy atom. The molecule has 1 aliphatic carbocycles. The third-order valence-electron chi connectivity index (χ3n) is 3.94. The van der Waals surface area contributed by atoms with E-state index in [4.69, 9.17) is 5.11 Å². The summed E-state index contributed by atoms with van der Waals surface area (Å²) in [5, 5.41) is 11.9. The summed E-state index contributed by atoms with van der Waals surface area (Å²) in [6.45, 7) is 4.53. The fourth-order valence-corrected chi connectivity index (χ4v) is 2.83. The number of nitrogens with one attached hydrogen (secondary N) is 1. The van der Waals surface area contributed by atoms with E-state index in [0.29, 0.717) is 17.4 Å². The lowest BCUT2D eigenvalue weighted by Gasteiger charge is -2.18. The van der Waals surface area contributed by atoms with E-state index in [1.807, 2.05) is 18.2 Å². The third kappa shape index (κ3) is 4.34. The average molecular weight is 285 g/mol. The van der Waals surface area contributed by atoms with Gasteiger partial charge in [-0.05, 0) is 36.8 Å². The van der Waals surface area contributed by atoms with E-state index in [0.717, 1.165) is 24.8 Å². The first-order valence-corrected chi connectivity index (χ1v) is 7.51. The molecule has 21 heavy (non-hydrogen) atoms. The third-order valence-corrected chi connectivity index (χ3v) is 3.94. The Bertz CT molecular complexity index is 566. The lowest BCUT2D eigenvalue weighted by atomic mass is 9.92. The summed E-state index contributed by atoms with van der Waals surface area (Å²) >= 11 is 0. The van der Waals surface area contributed by atoms with Gasteiger partial charge in [-0.2, -0.15) is 0 Å². The largest absolute Gasteiger partial charge is 0.395 e.